The molecule has 0 aromatic heterocycles. The van der Waals surface area contributed by atoms with Crippen molar-refractivity contribution in [1.29, 1.82) is 0 Å². The van der Waals surface area contributed by atoms with E-state index in [1.807, 2.05) is 13.8 Å². The van der Waals surface area contributed by atoms with Gasteiger partial charge < -0.3 is 10.4 Å². The molecule has 2 atom stereocenters. The van der Waals surface area contributed by atoms with Gasteiger partial charge in [0, 0.05) is 18.4 Å². The Labute approximate surface area is 85.9 Å². The minimum atomic E-state index is -0.212. The first-order chi connectivity index (χ1) is 6.61. The third-order valence-corrected chi connectivity index (χ3v) is 2.93. The predicted molar refractivity (Wildman–Crippen MR) is 55.8 cm³/mol. The molecule has 14 heavy (non-hydrogen) atoms. The van der Waals surface area contributed by atoms with Gasteiger partial charge in [0.05, 0.1) is 6.10 Å². The highest BCUT2D eigenvalue weighted by molar-refractivity contribution is 5.77. The molecule has 1 rings (SSSR count). The van der Waals surface area contributed by atoms with Crippen LogP contribution in [0.25, 0.3) is 0 Å². The molecule has 0 aromatic carbocycles. The smallest absolute Gasteiger partial charge is 0.222 e. The minimum Gasteiger partial charge on any atom is -0.393 e. The Hall–Kier alpha value is -0.570. The molecule has 0 radical (unpaired) electrons. The van der Waals surface area contributed by atoms with Crippen molar-refractivity contribution in [2.45, 2.75) is 45.6 Å². The molecule has 0 aliphatic heterocycles. The third-order valence-electron chi connectivity index (χ3n) is 2.93. The molecule has 0 bridgehead atoms. The molecule has 2 N–H and O–H groups in total. The number of nitrogens with one attached hydrogen (secondary N) is 1. The number of hydrogen-bond donors (Lipinski definition) is 2. The van der Waals surface area contributed by atoms with E-state index < -0.39 is 0 Å². The summed E-state index contributed by atoms with van der Waals surface area (Å²) in [5.41, 5.74) is 0. The summed E-state index contributed by atoms with van der Waals surface area (Å²) in [6.07, 6.45) is 4.02. The Morgan fingerprint density at radius 1 is 1.43 bits per heavy atom. The summed E-state index contributed by atoms with van der Waals surface area (Å²) in [4.78, 5) is 11.3. The van der Waals surface area contributed by atoms with Crippen LogP contribution >= 0.6 is 0 Å². The molecule has 1 aliphatic carbocycles. The first-order valence-corrected chi connectivity index (χ1v) is 5.57. The van der Waals surface area contributed by atoms with Gasteiger partial charge in [-0.1, -0.05) is 26.7 Å². The Morgan fingerprint density at radius 3 is 2.64 bits per heavy atom. The zero-order chi connectivity index (χ0) is 10.6. The molecule has 0 spiro atoms. The topological polar surface area (TPSA) is 49.3 Å². The fourth-order valence-corrected chi connectivity index (χ4v) is 1.86. The molecule has 1 fully saturated rings. The fraction of sp³-hybridized carbons (Fsp3) is 0.909. The quantitative estimate of drug-likeness (QED) is 0.720. The van der Waals surface area contributed by atoms with Crippen molar-refractivity contribution in [3.63, 3.8) is 0 Å². The van der Waals surface area contributed by atoms with Crippen molar-refractivity contribution >= 4 is 5.91 Å². The summed E-state index contributed by atoms with van der Waals surface area (Å²) < 4.78 is 0. The van der Waals surface area contributed by atoms with E-state index in [1.165, 1.54) is 6.42 Å². The van der Waals surface area contributed by atoms with E-state index in [2.05, 4.69) is 5.32 Å². The van der Waals surface area contributed by atoms with E-state index in [9.17, 15) is 9.90 Å². The fourth-order valence-electron chi connectivity index (χ4n) is 1.86. The Kier molecular flexibility index (Phi) is 4.39. The van der Waals surface area contributed by atoms with Crippen LogP contribution in [-0.2, 0) is 4.79 Å². The SMILES string of the molecule is CC(C)C(=O)NC[C@@H]1CCCC[C@H]1O. The number of amides is 1. The molecular weight excluding hydrogens is 178 g/mol. The van der Waals surface area contributed by atoms with Gasteiger partial charge in [-0.15, -0.1) is 0 Å². The van der Waals surface area contributed by atoms with E-state index in [0.717, 1.165) is 19.3 Å². The predicted octanol–water partition coefficient (Wildman–Crippen LogP) is 1.31. The zero-order valence-corrected chi connectivity index (χ0v) is 9.12. The van der Waals surface area contributed by atoms with Crippen LogP contribution in [0.15, 0.2) is 0 Å². The minimum absolute atomic E-state index is 0.0377. The van der Waals surface area contributed by atoms with Gasteiger partial charge in [0.2, 0.25) is 5.91 Å². The summed E-state index contributed by atoms with van der Waals surface area (Å²) >= 11 is 0. The summed E-state index contributed by atoms with van der Waals surface area (Å²) in [6.45, 7) is 4.40. The number of aliphatic hydroxyl groups is 1. The number of hydrogen-bond acceptors (Lipinski definition) is 2. The van der Waals surface area contributed by atoms with Crippen LogP contribution < -0.4 is 5.32 Å². The summed E-state index contributed by atoms with van der Waals surface area (Å²) in [6, 6.07) is 0. The molecular formula is C11H21NO2. The number of aliphatic hydroxyl groups excluding tert-OH is 1. The van der Waals surface area contributed by atoms with E-state index in [0.29, 0.717) is 6.54 Å². The van der Waals surface area contributed by atoms with E-state index in [1.54, 1.807) is 0 Å². The normalized spacial score (nSPS) is 27.7. The lowest BCUT2D eigenvalue weighted by atomic mass is 9.86. The van der Waals surface area contributed by atoms with Gasteiger partial charge in [-0.25, -0.2) is 0 Å². The molecule has 0 heterocycles. The highest BCUT2D eigenvalue weighted by Gasteiger charge is 2.23. The van der Waals surface area contributed by atoms with E-state index >= 15 is 0 Å². The van der Waals surface area contributed by atoms with Crippen molar-refractivity contribution in [1.82, 2.24) is 5.32 Å². The maximum Gasteiger partial charge on any atom is 0.222 e. The number of carbonyl (C=O) groups excluding carboxylic acids is 1. The van der Waals surface area contributed by atoms with Gasteiger partial charge in [0.15, 0.2) is 0 Å². The lowest BCUT2D eigenvalue weighted by molar-refractivity contribution is -0.124. The second-order valence-electron chi connectivity index (χ2n) is 4.51. The molecule has 1 saturated carbocycles. The third kappa shape index (κ3) is 3.29. The zero-order valence-electron chi connectivity index (χ0n) is 9.12. The van der Waals surface area contributed by atoms with Crippen molar-refractivity contribution in [3.05, 3.63) is 0 Å². The molecule has 0 saturated heterocycles. The average Bonchev–Trinajstić information content (AvgIpc) is 2.16. The highest BCUT2D eigenvalue weighted by atomic mass is 16.3. The van der Waals surface area contributed by atoms with Gasteiger partial charge in [0.1, 0.15) is 0 Å². The van der Waals surface area contributed by atoms with Crippen LogP contribution in [0, 0.1) is 11.8 Å². The van der Waals surface area contributed by atoms with Crippen LogP contribution in [-0.4, -0.2) is 23.7 Å². The largest absolute Gasteiger partial charge is 0.393 e. The molecule has 3 heteroatoms. The van der Waals surface area contributed by atoms with Crippen molar-refractivity contribution < 1.29 is 9.90 Å². The van der Waals surface area contributed by atoms with Gasteiger partial charge in [-0.05, 0) is 12.8 Å². The maximum absolute atomic E-state index is 11.3. The molecule has 1 amide bonds. The van der Waals surface area contributed by atoms with Gasteiger partial charge in [-0.2, -0.15) is 0 Å². The van der Waals surface area contributed by atoms with Crippen LogP contribution in [0.4, 0.5) is 0 Å². The van der Waals surface area contributed by atoms with Crippen molar-refractivity contribution in [2.75, 3.05) is 6.54 Å². The van der Waals surface area contributed by atoms with Gasteiger partial charge in [-0.3, -0.25) is 4.79 Å². The second kappa shape index (κ2) is 5.35. The van der Waals surface area contributed by atoms with Gasteiger partial charge in [0.25, 0.3) is 0 Å². The molecule has 0 aromatic rings. The summed E-state index contributed by atoms with van der Waals surface area (Å²) in [7, 11) is 0. The van der Waals surface area contributed by atoms with Crippen molar-refractivity contribution in [3.8, 4) is 0 Å². The first kappa shape index (κ1) is 11.5. The summed E-state index contributed by atoms with van der Waals surface area (Å²) in [5, 5.41) is 12.6. The Bertz CT molecular complexity index is 192. The monoisotopic (exact) mass is 199 g/mol. The Balaban J connectivity index is 2.26. The molecule has 3 nitrogen and oxygen atoms in total. The summed E-state index contributed by atoms with van der Waals surface area (Å²) in [5.74, 6) is 0.393. The van der Waals surface area contributed by atoms with Crippen LogP contribution in [0.2, 0.25) is 0 Å². The lowest BCUT2D eigenvalue weighted by Gasteiger charge is -2.27. The Morgan fingerprint density at radius 2 is 2.07 bits per heavy atom. The van der Waals surface area contributed by atoms with Crippen molar-refractivity contribution in [2.24, 2.45) is 11.8 Å². The number of carbonyl (C=O) groups is 1. The van der Waals surface area contributed by atoms with Crippen LogP contribution in [0.5, 0.6) is 0 Å². The number of rotatable bonds is 3. The molecule has 1 aliphatic rings. The van der Waals surface area contributed by atoms with Gasteiger partial charge >= 0.3 is 0 Å². The first-order valence-electron chi connectivity index (χ1n) is 5.57. The standard InChI is InChI=1S/C11H21NO2/c1-8(2)11(14)12-7-9-5-3-4-6-10(9)13/h8-10,13H,3-7H2,1-2H3,(H,12,14)/t9-,10+/m0/s1. The molecule has 0 unspecified atom stereocenters. The molecule has 82 valence electrons. The van der Waals surface area contributed by atoms with E-state index in [4.69, 9.17) is 0 Å². The van der Waals surface area contributed by atoms with E-state index in [-0.39, 0.29) is 23.8 Å². The maximum atomic E-state index is 11.3. The lowest BCUT2D eigenvalue weighted by Crippen LogP contribution is -2.38. The van der Waals surface area contributed by atoms with Crippen LogP contribution in [0.3, 0.4) is 0 Å². The highest BCUT2D eigenvalue weighted by Crippen LogP contribution is 2.23. The average molecular weight is 199 g/mol. The second-order valence-corrected chi connectivity index (χ2v) is 4.51. The van der Waals surface area contributed by atoms with Crippen LogP contribution in [0.1, 0.15) is 39.5 Å².